The zero-order valence-electron chi connectivity index (χ0n) is 8.13. The fraction of sp³-hybridized carbons (Fsp3) is 0.300. The van der Waals surface area contributed by atoms with E-state index in [0.29, 0.717) is 11.1 Å². The third kappa shape index (κ3) is 2.91. The highest BCUT2D eigenvalue weighted by molar-refractivity contribution is 6.30. The van der Waals surface area contributed by atoms with Crippen molar-refractivity contribution < 1.29 is 14.3 Å². The van der Waals surface area contributed by atoms with E-state index < -0.39 is 17.8 Å². The van der Waals surface area contributed by atoms with E-state index >= 15 is 0 Å². The summed E-state index contributed by atoms with van der Waals surface area (Å²) in [5, 5.41) is 8.59. The Hall–Kier alpha value is -1.13. The van der Waals surface area contributed by atoms with Crippen LogP contribution in [0.1, 0.15) is 11.1 Å². The van der Waals surface area contributed by atoms with Gasteiger partial charge in [-0.05, 0) is 30.5 Å². The molecule has 1 rings (SSSR count). The van der Waals surface area contributed by atoms with E-state index in [1.54, 1.807) is 13.0 Å². The van der Waals surface area contributed by atoms with Crippen LogP contribution >= 0.6 is 11.6 Å². The molecule has 0 aromatic heterocycles. The van der Waals surface area contributed by atoms with E-state index in [9.17, 15) is 9.18 Å². The number of hydrogen-bond acceptors (Lipinski definition) is 2. The molecule has 0 bridgehead atoms. The number of carboxylic acid groups (broad SMARTS) is 1. The molecule has 0 aliphatic rings. The van der Waals surface area contributed by atoms with Crippen LogP contribution in [0.25, 0.3) is 0 Å². The molecule has 5 heteroatoms. The van der Waals surface area contributed by atoms with Crippen LogP contribution in [-0.4, -0.2) is 17.1 Å². The molecule has 15 heavy (non-hydrogen) atoms. The normalized spacial score (nSPS) is 12.5. The predicted molar refractivity (Wildman–Crippen MR) is 55.5 cm³/mol. The van der Waals surface area contributed by atoms with Crippen molar-refractivity contribution in [1.82, 2.24) is 0 Å². The average molecular weight is 232 g/mol. The van der Waals surface area contributed by atoms with E-state index in [4.69, 9.17) is 22.4 Å². The van der Waals surface area contributed by atoms with E-state index in [0.717, 1.165) is 0 Å². The van der Waals surface area contributed by atoms with Gasteiger partial charge in [-0.3, -0.25) is 4.79 Å². The Morgan fingerprint density at radius 2 is 2.27 bits per heavy atom. The Bertz CT molecular complexity index is 372. The molecule has 0 aliphatic carbocycles. The second kappa shape index (κ2) is 4.59. The lowest BCUT2D eigenvalue weighted by Crippen LogP contribution is -2.32. The number of aryl methyl sites for hydroxylation is 1. The summed E-state index contributed by atoms with van der Waals surface area (Å²) >= 11 is 5.62. The third-order valence-electron chi connectivity index (χ3n) is 2.04. The van der Waals surface area contributed by atoms with Gasteiger partial charge < -0.3 is 10.8 Å². The third-order valence-corrected chi connectivity index (χ3v) is 2.32. The van der Waals surface area contributed by atoms with Crippen LogP contribution in [0.15, 0.2) is 12.1 Å². The lowest BCUT2D eigenvalue weighted by atomic mass is 10.0. The van der Waals surface area contributed by atoms with Gasteiger partial charge in [-0.15, -0.1) is 0 Å². The molecular weight excluding hydrogens is 221 g/mol. The molecule has 1 unspecified atom stereocenters. The number of benzene rings is 1. The van der Waals surface area contributed by atoms with Gasteiger partial charge in [0, 0.05) is 0 Å². The summed E-state index contributed by atoms with van der Waals surface area (Å²) in [5.74, 6) is -1.57. The highest BCUT2D eigenvalue weighted by Crippen LogP contribution is 2.20. The van der Waals surface area contributed by atoms with Crippen LogP contribution < -0.4 is 5.73 Å². The molecule has 1 atom stereocenters. The molecular formula is C10H11ClFNO2. The van der Waals surface area contributed by atoms with Crippen LogP contribution in [-0.2, 0) is 11.2 Å². The van der Waals surface area contributed by atoms with Crippen LogP contribution in [0.2, 0.25) is 5.02 Å². The second-order valence-electron chi connectivity index (χ2n) is 3.36. The molecule has 0 heterocycles. The van der Waals surface area contributed by atoms with Gasteiger partial charge in [0.15, 0.2) is 0 Å². The average Bonchev–Trinajstić information content (AvgIpc) is 2.13. The minimum Gasteiger partial charge on any atom is -0.480 e. The summed E-state index contributed by atoms with van der Waals surface area (Å²) in [7, 11) is 0. The number of nitrogens with two attached hydrogens (primary N) is 1. The fourth-order valence-corrected chi connectivity index (χ4v) is 1.55. The summed E-state index contributed by atoms with van der Waals surface area (Å²) < 4.78 is 13.1. The first-order valence-electron chi connectivity index (χ1n) is 4.34. The van der Waals surface area contributed by atoms with Gasteiger partial charge in [0.2, 0.25) is 0 Å². The maximum atomic E-state index is 13.1. The van der Waals surface area contributed by atoms with Gasteiger partial charge in [0.05, 0.1) is 5.02 Å². The second-order valence-corrected chi connectivity index (χ2v) is 3.76. The number of hydrogen-bond donors (Lipinski definition) is 2. The summed E-state index contributed by atoms with van der Waals surface area (Å²) in [6.07, 6.45) is 0.135. The first-order valence-corrected chi connectivity index (χ1v) is 4.72. The van der Waals surface area contributed by atoms with Crippen molar-refractivity contribution in [3.8, 4) is 0 Å². The summed E-state index contributed by atoms with van der Waals surface area (Å²) in [6, 6.07) is 1.95. The van der Waals surface area contributed by atoms with Gasteiger partial charge >= 0.3 is 5.97 Å². The molecule has 0 amide bonds. The van der Waals surface area contributed by atoms with Gasteiger partial charge in [0.25, 0.3) is 0 Å². The lowest BCUT2D eigenvalue weighted by Gasteiger charge is -2.08. The van der Waals surface area contributed by atoms with Gasteiger partial charge in [-0.2, -0.15) is 0 Å². The van der Waals surface area contributed by atoms with Gasteiger partial charge in [-0.1, -0.05) is 17.7 Å². The van der Waals surface area contributed by atoms with Crippen LogP contribution in [0.3, 0.4) is 0 Å². The molecule has 0 aliphatic heterocycles. The quantitative estimate of drug-likeness (QED) is 0.833. The minimum absolute atomic E-state index is 0.0115. The van der Waals surface area contributed by atoms with E-state index in [1.165, 1.54) is 6.07 Å². The largest absolute Gasteiger partial charge is 0.480 e. The van der Waals surface area contributed by atoms with Crippen molar-refractivity contribution in [2.45, 2.75) is 19.4 Å². The molecule has 0 fully saturated rings. The molecule has 82 valence electrons. The molecule has 0 radical (unpaired) electrons. The van der Waals surface area contributed by atoms with Gasteiger partial charge in [0.1, 0.15) is 11.9 Å². The van der Waals surface area contributed by atoms with Crippen molar-refractivity contribution in [3.05, 3.63) is 34.1 Å². The number of carboxylic acids is 1. The molecule has 1 aromatic carbocycles. The molecule has 3 nitrogen and oxygen atoms in total. The first-order chi connectivity index (χ1) is 6.91. The van der Waals surface area contributed by atoms with Crippen molar-refractivity contribution in [2.75, 3.05) is 0 Å². The highest BCUT2D eigenvalue weighted by atomic mass is 35.5. The molecule has 0 saturated heterocycles. The summed E-state index contributed by atoms with van der Waals surface area (Å²) in [5.41, 5.74) is 6.35. The molecule has 0 spiro atoms. The van der Waals surface area contributed by atoms with Crippen molar-refractivity contribution >= 4 is 17.6 Å². The van der Waals surface area contributed by atoms with Crippen LogP contribution in [0.5, 0.6) is 0 Å². The Labute approximate surface area is 91.7 Å². The van der Waals surface area contributed by atoms with E-state index in [-0.39, 0.29) is 11.4 Å². The minimum atomic E-state index is -1.09. The number of halogens is 2. The van der Waals surface area contributed by atoms with Crippen molar-refractivity contribution in [3.63, 3.8) is 0 Å². The topological polar surface area (TPSA) is 63.3 Å². The Balaban J connectivity index is 2.92. The molecule has 3 N–H and O–H groups in total. The van der Waals surface area contributed by atoms with Crippen LogP contribution in [0.4, 0.5) is 4.39 Å². The SMILES string of the molecule is Cc1cc(CC(N)C(=O)O)cc(Cl)c1F. The first kappa shape index (κ1) is 11.9. The standard InChI is InChI=1S/C10H11ClFNO2/c1-5-2-6(3-7(11)9(5)12)4-8(13)10(14)15/h2-3,8H,4,13H2,1H3,(H,14,15). The summed E-state index contributed by atoms with van der Waals surface area (Å²) in [4.78, 5) is 10.5. The zero-order valence-corrected chi connectivity index (χ0v) is 8.88. The van der Waals surface area contributed by atoms with Gasteiger partial charge in [-0.25, -0.2) is 4.39 Å². The smallest absolute Gasteiger partial charge is 0.320 e. The fourth-order valence-electron chi connectivity index (χ4n) is 1.26. The number of aliphatic carboxylic acids is 1. The predicted octanol–water partition coefficient (Wildman–Crippen LogP) is 1.74. The maximum Gasteiger partial charge on any atom is 0.320 e. The Kier molecular flexibility index (Phi) is 3.66. The zero-order chi connectivity index (χ0) is 11.6. The lowest BCUT2D eigenvalue weighted by molar-refractivity contribution is -0.138. The van der Waals surface area contributed by atoms with E-state index in [1.807, 2.05) is 0 Å². The Morgan fingerprint density at radius 1 is 1.67 bits per heavy atom. The van der Waals surface area contributed by atoms with Crippen LogP contribution in [0, 0.1) is 12.7 Å². The highest BCUT2D eigenvalue weighted by Gasteiger charge is 2.14. The van der Waals surface area contributed by atoms with E-state index in [2.05, 4.69) is 0 Å². The molecule has 1 aromatic rings. The monoisotopic (exact) mass is 231 g/mol. The Morgan fingerprint density at radius 3 is 2.73 bits per heavy atom. The number of rotatable bonds is 3. The van der Waals surface area contributed by atoms with Crippen molar-refractivity contribution in [1.29, 1.82) is 0 Å². The number of carbonyl (C=O) groups is 1. The maximum absolute atomic E-state index is 13.1. The summed E-state index contributed by atoms with van der Waals surface area (Å²) in [6.45, 7) is 1.57. The molecule has 0 saturated carbocycles. The van der Waals surface area contributed by atoms with Crippen molar-refractivity contribution in [2.24, 2.45) is 5.73 Å².